The lowest BCUT2D eigenvalue weighted by Gasteiger charge is -2.03. The predicted molar refractivity (Wildman–Crippen MR) is 50.2 cm³/mol. The third kappa shape index (κ3) is 2.29. The van der Waals surface area contributed by atoms with Crippen LogP contribution in [0, 0.1) is 6.92 Å². The molecule has 1 rings (SSSR count). The maximum atomic E-state index is 11.1. The molecule has 0 spiro atoms. The van der Waals surface area contributed by atoms with Crippen LogP contribution in [0.5, 0.6) is 0 Å². The Balaban J connectivity index is 2.70. The number of carbonyl (C=O) groups excluding carboxylic acids is 1. The topological polar surface area (TPSA) is 72.9 Å². The van der Waals surface area contributed by atoms with Gasteiger partial charge in [-0.1, -0.05) is 0 Å². The normalized spacial score (nSPS) is 12.6. The number of anilines is 1. The van der Waals surface area contributed by atoms with E-state index in [4.69, 9.17) is 5.73 Å². The Morgan fingerprint density at radius 3 is 2.77 bits per heavy atom. The van der Waals surface area contributed by atoms with E-state index >= 15 is 0 Å². The minimum absolute atomic E-state index is 0.224. The number of hydrogen-bond donors (Lipinski definition) is 2. The molecule has 0 aliphatic rings. The van der Waals surface area contributed by atoms with E-state index in [-0.39, 0.29) is 5.91 Å². The van der Waals surface area contributed by atoms with Gasteiger partial charge in [-0.2, -0.15) is 5.10 Å². The summed E-state index contributed by atoms with van der Waals surface area (Å²) in [4.78, 5) is 11.1. The highest BCUT2D eigenvalue weighted by atomic mass is 16.2. The zero-order valence-corrected chi connectivity index (χ0v) is 8.03. The molecule has 72 valence electrons. The largest absolute Gasteiger partial charge is 0.320 e. The van der Waals surface area contributed by atoms with Gasteiger partial charge < -0.3 is 11.1 Å². The van der Waals surface area contributed by atoms with Crippen molar-refractivity contribution >= 4 is 11.7 Å². The Morgan fingerprint density at radius 1 is 1.77 bits per heavy atom. The molecule has 0 saturated carbocycles. The molecule has 1 aromatic heterocycles. The fraction of sp³-hybridized carbons (Fsp3) is 0.500. The van der Waals surface area contributed by atoms with E-state index in [1.807, 2.05) is 14.0 Å². The third-order valence-electron chi connectivity index (χ3n) is 1.78. The molecule has 13 heavy (non-hydrogen) atoms. The molecular formula is C8H14N4O. The van der Waals surface area contributed by atoms with Gasteiger partial charge in [-0.3, -0.25) is 9.48 Å². The van der Waals surface area contributed by atoms with Crippen LogP contribution in [0.25, 0.3) is 0 Å². The number of nitrogens with one attached hydrogen (secondary N) is 1. The van der Waals surface area contributed by atoms with Gasteiger partial charge in [0.2, 0.25) is 5.91 Å². The van der Waals surface area contributed by atoms with E-state index in [2.05, 4.69) is 10.4 Å². The first-order valence-corrected chi connectivity index (χ1v) is 4.08. The lowest BCUT2D eigenvalue weighted by atomic mass is 10.3. The summed E-state index contributed by atoms with van der Waals surface area (Å²) < 4.78 is 1.69. The lowest BCUT2D eigenvalue weighted by molar-refractivity contribution is -0.117. The van der Waals surface area contributed by atoms with Crippen molar-refractivity contribution in [1.82, 2.24) is 9.78 Å². The zero-order valence-electron chi connectivity index (χ0n) is 8.03. The number of rotatable bonds is 2. The minimum atomic E-state index is -0.512. The highest BCUT2D eigenvalue weighted by Gasteiger charge is 2.09. The van der Waals surface area contributed by atoms with Gasteiger partial charge in [-0.05, 0) is 13.8 Å². The van der Waals surface area contributed by atoms with Gasteiger partial charge in [0.15, 0.2) is 5.82 Å². The summed E-state index contributed by atoms with van der Waals surface area (Å²) in [5, 5.41) is 6.67. The van der Waals surface area contributed by atoms with Crippen molar-refractivity contribution in [3.8, 4) is 0 Å². The molecule has 1 atom stereocenters. The molecule has 0 fully saturated rings. The van der Waals surface area contributed by atoms with E-state index < -0.39 is 6.04 Å². The van der Waals surface area contributed by atoms with Gasteiger partial charge in [0.1, 0.15) is 0 Å². The Kier molecular flexibility index (Phi) is 2.67. The lowest BCUT2D eigenvalue weighted by Crippen LogP contribution is -2.32. The number of aryl methyl sites for hydroxylation is 2. The summed E-state index contributed by atoms with van der Waals surface area (Å²) >= 11 is 0. The summed E-state index contributed by atoms with van der Waals surface area (Å²) in [6, 6.07) is 1.28. The van der Waals surface area contributed by atoms with Gasteiger partial charge in [0.25, 0.3) is 0 Å². The first-order valence-electron chi connectivity index (χ1n) is 4.08. The minimum Gasteiger partial charge on any atom is -0.320 e. The van der Waals surface area contributed by atoms with Gasteiger partial charge in [0.05, 0.1) is 6.04 Å². The first kappa shape index (κ1) is 9.73. The Hall–Kier alpha value is -1.36. The van der Waals surface area contributed by atoms with Crippen molar-refractivity contribution in [2.45, 2.75) is 19.9 Å². The van der Waals surface area contributed by atoms with Crippen LogP contribution in [0.3, 0.4) is 0 Å². The van der Waals surface area contributed by atoms with E-state index in [0.717, 1.165) is 5.69 Å². The fourth-order valence-electron chi connectivity index (χ4n) is 0.862. The highest BCUT2D eigenvalue weighted by molar-refractivity contribution is 5.93. The van der Waals surface area contributed by atoms with Crippen molar-refractivity contribution in [1.29, 1.82) is 0 Å². The van der Waals surface area contributed by atoms with Crippen LogP contribution >= 0.6 is 0 Å². The molecule has 1 heterocycles. The average molecular weight is 182 g/mol. The van der Waals surface area contributed by atoms with Crippen molar-refractivity contribution in [3.05, 3.63) is 11.8 Å². The standard InChI is InChI=1S/C8H14N4O/c1-5-4-7(11-12(5)3)10-8(13)6(2)9/h4,6H,9H2,1-3H3,(H,10,11,13). The van der Waals surface area contributed by atoms with E-state index in [1.54, 1.807) is 17.7 Å². The maximum absolute atomic E-state index is 11.1. The number of hydrogen-bond acceptors (Lipinski definition) is 3. The van der Waals surface area contributed by atoms with E-state index in [0.29, 0.717) is 5.82 Å². The zero-order chi connectivity index (χ0) is 10.0. The second-order valence-electron chi connectivity index (χ2n) is 3.07. The van der Waals surface area contributed by atoms with Crippen molar-refractivity contribution in [2.24, 2.45) is 12.8 Å². The molecule has 5 nitrogen and oxygen atoms in total. The number of aromatic nitrogens is 2. The Morgan fingerprint density at radius 2 is 2.38 bits per heavy atom. The molecule has 0 radical (unpaired) electrons. The van der Waals surface area contributed by atoms with Crippen LogP contribution < -0.4 is 11.1 Å². The number of carbonyl (C=O) groups is 1. The molecule has 0 aromatic carbocycles. The SMILES string of the molecule is Cc1cc(NC(=O)C(C)N)nn1C. The van der Waals surface area contributed by atoms with Crippen molar-refractivity contribution in [3.63, 3.8) is 0 Å². The quantitative estimate of drug-likeness (QED) is 0.677. The van der Waals surface area contributed by atoms with Gasteiger partial charge in [-0.15, -0.1) is 0 Å². The van der Waals surface area contributed by atoms with Crippen molar-refractivity contribution in [2.75, 3.05) is 5.32 Å². The Bertz CT molecular complexity index is 296. The highest BCUT2D eigenvalue weighted by Crippen LogP contribution is 2.06. The third-order valence-corrected chi connectivity index (χ3v) is 1.78. The van der Waals surface area contributed by atoms with E-state index in [9.17, 15) is 4.79 Å². The van der Waals surface area contributed by atoms with Crippen LogP contribution in [-0.2, 0) is 11.8 Å². The number of nitrogens with zero attached hydrogens (tertiary/aromatic N) is 2. The maximum Gasteiger partial charge on any atom is 0.242 e. The van der Waals surface area contributed by atoms with Gasteiger partial charge >= 0.3 is 0 Å². The predicted octanol–water partition coefficient (Wildman–Crippen LogP) is 0.0142. The summed E-state index contributed by atoms with van der Waals surface area (Å²) in [6.45, 7) is 3.54. The average Bonchev–Trinajstić information content (AvgIpc) is 2.31. The second-order valence-corrected chi connectivity index (χ2v) is 3.07. The smallest absolute Gasteiger partial charge is 0.242 e. The number of amides is 1. The first-order chi connectivity index (χ1) is 6.00. The summed E-state index contributed by atoms with van der Waals surface area (Å²) in [6.07, 6.45) is 0. The molecule has 0 aliphatic carbocycles. The molecule has 1 unspecified atom stereocenters. The van der Waals surface area contributed by atoms with Crippen molar-refractivity contribution < 1.29 is 4.79 Å². The molecule has 0 bridgehead atoms. The summed E-state index contributed by atoms with van der Waals surface area (Å²) in [5.74, 6) is 0.320. The fourth-order valence-corrected chi connectivity index (χ4v) is 0.862. The Labute approximate surface area is 76.9 Å². The van der Waals surface area contributed by atoms with Crippen LogP contribution in [0.15, 0.2) is 6.07 Å². The molecule has 1 amide bonds. The molecule has 5 heteroatoms. The molecule has 0 aliphatic heterocycles. The van der Waals surface area contributed by atoms with Crippen LogP contribution in [-0.4, -0.2) is 21.7 Å². The summed E-state index contributed by atoms with van der Waals surface area (Å²) in [5.41, 5.74) is 6.37. The van der Waals surface area contributed by atoms with Gasteiger partial charge in [-0.25, -0.2) is 0 Å². The van der Waals surface area contributed by atoms with E-state index in [1.165, 1.54) is 0 Å². The molecular weight excluding hydrogens is 168 g/mol. The monoisotopic (exact) mass is 182 g/mol. The summed E-state index contributed by atoms with van der Waals surface area (Å²) in [7, 11) is 1.82. The van der Waals surface area contributed by atoms with Crippen LogP contribution in [0.4, 0.5) is 5.82 Å². The second kappa shape index (κ2) is 3.57. The molecule has 0 saturated heterocycles. The van der Waals surface area contributed by atoms with Gasteiger partial charge in [0, 0.05) is 18.8 Å². The van der Waals surface area contributed by atoms with Crippen LogP contribution in [0.1, 0.15) is 12.6 Å². The molecule has 1 aromatic rings. The number of nitrogens with two attached hydrogens (primary N) is 1. The van der Waals surface area contributed by atoms with Crippen LogP contribution in [0.2, 0.25) is 0 Å². The molecule has 3 N–H and O–H groups in total.